The Morgan fingerprint density at radius 3 is 2.70 bits per heavy atom. The van der Waals surface area contributed by atoms with Gasteiger partial charge in [-0.25, -0.2) is 14.2 Å². The van der Waals surface area contributed by atoms with Crippen molar-refractivity contribution in [3.8, 4) is 17.6 Å². The van der Waals surface area contributed by atoms with Gasteiger partial charge in [0.05, 0.1) is 40.6 Å². The van der Waals surface area contributed by atoms with Crippen LogP contribution in [0.4, 0.5) is 4.39 Å². The first-order valence-corrected chi connectivity index (χ1v) is 12.3. The van der Waals surface area contributed by atoms with Crippen molar-refractivity contribution < 1.29 is 23.4 Å². The van der Waals surface area contributed by atoms with Crippen LogP contribution in [0.3, 0.4) is 0 Å². The minimum Gasteiger partial charge on any atom is -0.493 e. The fourth-order valence-corrected chi connectivity index (χ4v) is 5.29. The van der Waals surface area contributed by atoms with Gasteiger partial charge in [-0.2, -0.15) is 5.26 Å². The maximum absolute atomic E-state index is 13.7. The lowest BCUT2D eigenvalue weighted by molar-refractivity contribution is -0.139. The second-order valence-corrected chi connectivity index (χ2v) is 9.25. The predicted molar refractivity (Wildman–Crippen MR) is 136 cm³/mol. The summed E-state index contributed by atoms with van der Waals surface area (Å²) in [4.78, 5) is 31.4. The summed E-state index contributed by atoms with van der Waals surface area (Å²) < 4.78 is 31.4. The van der Waals surface area contributed by atoms with Gasteiger partial charge in [0.1, 0.15) is 11.9 Å². The van der Waals surface area contributed by atoms with Crippen molar-refractivity contribution in [2.24, 2.45) is 4.99 Å². The molecule has 3 aromatic rings. The van der Waals surface area contributed by atoms with Crippen molar-refractivity contribution in [3.63, 3.8) is 0 Å². The molecule has 0 amide bonds. The van der Waals surface area contributed by atoms with Crippen LogP contribution in [0.1, 0.15) is 31.0 Å². The number of nitriles is 1. The van der Waals surface area contributed by atoms with E-state index in [1.165, 1.54) is 35.9 Å². The molecular weight excluding hydrogens is 521 g/mol. The van der Waals surface area contributed by atoms with Crippen LogP contribution in [0.5, 0.6) is 11.5 Å². The number of hydrogen-bond acceptors (Lipinski definition) is 8. The lowest BCUT2D eigenvalue weighted by atomic mass is 9.96. The SMILES string of the molecule is CCOC(=O)C1=C(C)N=c2s/c(=C\c3cc(Cl)c(OCC#N)c(OC)c3)c(=O)n2[C@H]1c1ccc(F)cc1. The molecule has 0 radical (unpaired) electrons. The number of esters is 1. The summed E-state index contributed by atoms with van der Waals surface area (Å²) in [6, 6.07) is 9.84. The first kappa shape index (κ1) is 26.1. The fourth-order valence-electron chi connectivity index (χ4n) is 3.97. The van der Waals surface area contributed by atoms with Crippen LogP contribution in [-0.4, -0.2) is 30.9 Å². The number of allylic oxidation sites excluding steroid dienone is 1. The van der Waals surface area contributed by atoms with Crippen molar-refractivity contribution in [2.75, 3.05) is 20.3 Å². The molecule has 1 aliphatic rings. The Morgan fingerprint density at radius 2 is 2.05 bits per heavy atom. The summed E-state index contributed by atoms with van der Waals surface area (Å²) in [6.45, 7) is 3.29. The van der Waals surface area contributed by atoms with Gasteiger partial charge in [0.15, 0.2) is 22.9 Å². The molecule has 0 unspecified atom stereocenters. The van der Waals surface area contributed by atoms with Crippen molar-refractivity contribution in [2.45, 2.75) is 19.9 Å². The van der Waals surface area contributed by atoms with E-state index in [4.69, 9.17) is 31.1 Å². The third-order valence-corrected chi connectivity index (χ3v) is 6.80. The van der Waals surface area contributed by atoms with Gasteiger partial charge in [-0.3, -0.25) is 9.36 Å². The zero-order chi connectivity index (χ0) is 26.7. The maximum Gasteiger partial charge on any atom is 0.338 e. The molecule has 1 atom stereocenters. The van der Waals surface area contributed by atoms with E-state index in [1.807, 2.05) is 6.07 Å². The summed E-state index contributed by atoms with van der Waals surface area (Å²) in [5.74, 6) is -0.527. The average molecular weight is 542 g/mol. The number of fused-ring (bicyclic) bond motifs is 1. The summed E-state index contributed by atoms with van der Waals surface area (Å²) in [5.41, 5.74) is 1.30. The van der Waals surface area contributed by atoms with E-state index < -0.39 is 23.4 Å². The Morgan fingerprint density at radius 1 is 1.32 bits per heavy atom. The number of ether oxygens (including phenoxy) is 3. The third-order valence-electron chi connectivity index (χ3n) is 5.53. The number of hydrogen-bond donors (Lipinski definition) is 0. The highest BCUT2D eigenvalue weighted by Gasteiger charge is 2.33. The van der Waals surface area contributed by atoms with E-state index in [0.29, 0.717) is 31.9 Å². The smallest absolute Gasteiger partial charge is 0.338 e. The van der Waals surface area contributed by atoms with Gasteiger partial charge in [0.25, 0.3) is 5.56 Å². The van der Waals surface area contributed by atoms with E-state index in [9.17, 15) is 14.0 Å². The number of benzene rings is 2. The third kappa shape index (κ3) is 5.14. The van der Waals surface area contributed by atoms with Gasteiger partial charge in [-0.05, 0) is 55.3 Å². The topological polar surface area (TPSA) is 103 Å². The molecule has 0 saturated heterocycles. The van der Waals surface area contributed by atoms with Gasteiger partial charge < -0.3 is 14.2 Å². The number of carbonyl (C=O) groups is 1. The van der Waals surface area contributed by atoms with Crippen LogP contribution in [0, 0.1) is 17.1 Å². The Bertz CT molecular complexity index is 1620. The average Bonchev–Trinajstić information content (AvgIpc) is 3.17. The normalized spacial score (nSPS) is 15.0. The Labute approximate surface area is 220 Å². The van der Waals surface area contributed by atoms with Gasteiger partial charge in [0.2, 0.25) is 0 Å². The highest BCUT2D eigenvalue weighted by molar-refractivity contribution is 7.07. The Kier molecular flexibility index (Phi) is 7.76. The summed E-state index contributed by atoms with van der Waals surface area (Å²) in [6.07, 6.45) is 1.62. The molecule has 4 rings (SSSR count). The number of halogens is 2. The van der Waals surface area contributed by atoms with Crippen LogP contribution >= 0.6 is 22.9 Å². The number of carbonyl (C=O) groups excluding carboxylic acids is 1. The summed E-state index contributed by atoms with van der Waals surface area (Å²) in [7, 11) is 1.44. The lowest BCUT2D eigenvalue weighted by Gasteiger charge is -2.24. The van der Waals surface area contributed by atoms with Crippen molar-refractivity contribution in [3.05, 3.63) is 89.3 Å². The van der Waals surface area contributed by atoms with Crippen LogP contribution in [0.15, 0.2) is 57.5 Å². The quantitative estimate of drug-likeness (QED) is 0.424. The molecule has 2 heterocycles. The zero-order valence-electron chi connectivity index (χ0n) is 20.1. The zero-order valence-corrected chi connectivity index (χ0v) is 21.7. The molecule has 1 aromatic heterocycles. The Balaban J connectivity index is 1.90. The van der Waals surface area contributed by atoms with Crippen molar-refractivity contribution in [1.82, 2.24) is 4.57 Å². The molecule has 0 fully saturated rings. The predicted octanol–water partition coefficient (Wildman–Crippen LogP) is 3.50. The van der Waals surface area contributed by atoms with Crippen LogP contribution < -0.4 is 24.4 Å². The van der Waals surface area contributed by atoms with E-state index in [0.717, 1.165) is 11.3 Å². The van der Waals surface area contributed by atoms with Gasteiger partial charge in [-0.15, -0.1) is 0 Å². The first-order valence-electron chi connectivity index (χ1n) is 11.1. The second-order valence-electron chi connectivity index (χ2n) is 7.83. The maximum atomic E-state index is 13.7. The molecule has 0 N–H and O–H groups in total. The first-order chi connectivity index (χ1) is 17.8. The molecule has 0 bridgehead atoms. The van der Waals surface area contributed by atoms with E-state index in [-0.39, 0.29) is 29.6 Å². The summed E-state index contributed by atoms with van der Waals surface area (Å²) >= 11 is 7.49. The monoisotopic (exact) mass is 541 g/mol. The highest BCUT2D eigenvalue weighted by Crippen LogP contribution is 2.36. The molecule has 1 aliphatic heterocycles. The molecule has 2 aromatic carbocycles. The van der Waals surface area contributed by atoms with Crippen LogP contribution in [-0.2, 0) is 9.53 Å². The van der Waals surface area contributed by atoms with Crippen molar-refractivity contribution >= 4 is 35.0 Å². The second kappa shape index (κ2) is 11.0. The largest absolute Gasteiger partial charge is 0.493 e. The molecular formula is C26H21ClFN3O5S. The lowest BCUT2D eigenvalue weighted by Crippen LogP contribution is -2.39. The minimum atomic E-state index is -0.849. The van der Waals surface area contributed by atoms with E-state index in [1.54, 1.807) is 32.1 Å². The van der Waals surface area contributed by atoms with Gasteiger partial charge >= 0.3 is 5.97 Å². The minimum absolute atomic E-state index is 0.146. The molecule has 0 aliphatic carbocycles. The standard InChI is InChI=1S/C26H21ClFN3O5S/c1-4-35-25(33)21-14(2)30-26-31(22(21)16-5-7-17(28)8-6-16)24(32)20(37-26)13-15-11-18(27)23(36-10-9-29)19(12-15)34-3/h5-8,11-13,22H,4,10H2,1-3H3/b20-13-/t22-/m0/s1. The number of nitrogens with zero attached hydrogens (tertiary/aromatic N) is 3. The molecule has 0 saturated carbocycles. The number of rotatable bonds is 7. The van der Waals surface area contributed by atoms with Gasteiger partial charge in [-0.1, -0.05) is 35.1 Å². The summed E-state index contributed by atoms with van der Waals surface area (Å²) in [5, 5.41) is 9.01. The van der Waals surface area contributed by atoms with E-state index >= 15 is 0 Å². The number of methoxy groups -OCH3 is 1. The van der Waals surface area contributed by atoms with Crippen molar-refractivity contribution in [1.29, 1.82) is 5.26 Å². The van der Waals surface area contributed by atoms with Crippen LogP contribution in [0.25, 0.3) is 6.08 Å². The fraction of sp³-hybridized carbons (Fsp3) is 0.231. The molecule has 37 heavy (non-hydrogen) atoms. The molecule has 0 spiro atoms. The molecule has 190 valence electrons. The van der Waals surface area contributed by atoms with Gasteiger partial charge in [0, 0.05) is 0 Å². The highest BCUT2D eigenvalue weighted by atomic mass is 35.5. The Hall–Kier alpha value is -3.94. The number of thiazole rings is 1. The van der Waals surface area contributed by atoms with E-state index in [2.05, 4.69) is 4.99 Å². The molecule has 8 nitrogen and oxygen atoms in total. The number of aromatic nitrogens is 1. The molecule has 11 heteroatoms. The van der Waals surface area contributed by atoms with Crippen LogP contribution in [0.2, 0.25) is 5.02 Å².